The average Bonchev–Trinajstić information content (AvgIpc) is 2.42. The van der Waals surface area contributed by atoms with Crippen LogP contribution in [0.25, 0.3) is 0 Å². The van der Waals surface area contributed by atoms with Crippen LogP contribution in [0.3, 0.4) is 0 Å². The molecule has 1 aromatic carbocycles. The highest BCUT2D eigenvalue weighted by Crippen LogP contribution is 2.32. The van der Waals surface area contributed by atoms with E-state index in [2.05, 4.69) is 31.2 Å². The highest BCUT2D eigenvalue weighted by Gasteiger charge is 2.13. The fraction of sp³-hybridized carbons (Fsp3) is 0.231. The van der Waals surface area contributed by atoms with Gasteiger partial charge in [-0.15, -0.1) is 0 Å². The van der Waals surface area contributed by atoms with Crippen LogP contribution in [0, 0.1) is 0 Å². The topological polar surface area (TPSA) is 41.1 Å². The van der Waals surface area contributed by atoms with E-state index in [1.54, 1.807) is 6.33 Å². The summed E-state index contributed by atoms with van der Waals surface area (Å²) in [7, 11) is 1.98. The number of anilines is 3. The molecule has 0 saturated heterocycles. The molecule has 0 radical (unpaired) electrons. The fourth-order valence-electron chi connectivity index (χ4n) is 1.66. The van der Waals surface area contributed by atoms with Gasteiger partial charge in [-0.3, -0.25) is 0 Å². The fourth-order valence-corrected chi connectivity index (χ4v) is 2.27. The van der Waals surface area contributed by atoms with Crippen LogP contribution in [0.15, 0.2) is 41.1 Å². The molecule has 0 spiro atoms. The van der Waals surface area contributed by atoms with Crippen LogP contribution in [-0.4, -0.2) is 23.6 Å². The predicted molar refractivity (Wildman–Crippen MR) is 78.4 cm³/mol. The molecule has 0 fully saturated rings. The molecule has 2 rings (SSSR count). The van der Waals surface area contributed by atoms with E-state index in [0.29, 0.717) is 0 Å². The summed E-state index contributed by atoms with van der Waals surface area (Å²) in [6, 6.07) is 10.1. The molecule has 18 heavy (non-hydrogen) atoms. The summed E-state index contributed by atoms with van der Waals surface area (Å²) in [4.78, 5) is 10.6. The molecule has 1 heterocycles. The third-order valence-electron chi connectivity index (χ3n) is 2.58. The van der Waals surface area contributed by atoms with E-state index in [1.807, 2.05) is 49.2 Å². The van der Waals surface area contributed by atoms with E-state index in [0.717, 1.165) is 28.3 Å². The molecule has 5 heteroatoms. The van der Waals surface area contributed by atoms with Gasteiger partial charge in [-0.25, -0.2) is 9.97 Å². The number of hydrogen-bond donors (Lipinski definition) is 1. The summed E-state index contributed by atoms with van der Waals surface area (Å²) in [5.74, 6) is 1.65. The third kappa shape index (κ3) is 2.61. The average molecular weight is 307 g/mol. The minimum absolute atomic E-state index is 0.810. The van der Waals surface area contributed by atoms with E-state index in [9.17, 15) is 0 Å². The molecule has 2 aromatic rings. The number of para-hydroxylation sites is 1. The first-order chi connectivity index (χ1) is 8.74. The molecule has 1 aromatic heterocycles. The van der Waals surface area contributed by atoms with Crippen LogP contribution >= 0.6 is 15.9 Å². The molecule has 0 atom stereocenters. The molecule has 0 unspecified atom stereocenters. The lowest BCUT2D eigenvalue weighted by Gasteiger charge is -2.20. The van der Waals surface area contributed by atoms with Crippen LogP contribution in [0.1, 0.15) is 6.92 Å². The number of nitrogens with one attached hydrogen (secondary N) is 1. The molecule has 0 aliphatic carbocycles. The van der Waals surface area contributed by atoms with Gasteiger partial charge in [0.2, 0.25) is 0 Å². The highest BCUT2D eigenvalue weighted by molar-refractivity contribution is 9.10. The number of halogens is 1. The van der Waals surface area contributed by atoms with Crippen molar-refractivity contribution in [2.75, 3.05) is 23.8 Å². The second-order valence-corrected chi connectivity index (χ2v) is 4.58. The van der Waals surface area contributed by atoms with Crippen LogP contribution in [-0.2, 0) is 0 Å². The first kappa shape index (κ1) is 12.8. The van der Waals surface area contributed by atoms with Gasteiger partial charge in [0, 0.05) is 19.3 Å². The maximum absolute atomic E-state index is 4.33. The molecule has 0 amide bonds. The van der Waals surface area contributed by atoms with E-state index in [-0.39, 0.29) is 0 Å². The molecule has 0 saturated carbocycles. The summed E-state index contributed by atoms with van der Waals surface area (Å²) in [5.41, 5.74) is 1.08. The minimum atomic E-state index is 0.810. The Hall–Kier alpha value is -1.62. The molecule has 0 aliphatic rings. The summed E-state index contributed by atoms with van der Waals surface area (Å²) in [5, 5.41) is 3.20. The van der Waals surface area contributed by atoms with Crippen molar-refractivity contribution in [2.45, 2.75) is 6.92 Å². The van der Waals surface area contributed by atoms with Gasteiger partial charge < -0.3 is 10.2 Å². The largest absolute Gasteiger partial charge is 0.369 e. The SMILES string of the molecule is CCNc1ncnc(N(C)c2ccccc2)c1Br. The summed E-state index contributed by atoms with van der Waals surface area (Å²) in [6.45, 7) is 2.86. The van der Waals surface area contributed by atoms with Gasteiger partial charge in [0.1, 0.15) is 16.6 Å². The molecule has 0 bridgehead atoms. The van der Waals surface area contributed by atoms with Crippen molar-refractivity contribution in [3.05, 3.63) is 41.1 Å². The van der Waals surface area contributed by atoms with Gasteiger partial charge >= 0.3 is 0 Å². The van der Waals surface area contributed by atoms with Gasteiger partial charge in [-0.1, -0.05) is 18.2 Å². The Balaban J connectivity index is 2.36. The smallest absolute Gasteiger partial charge is 0.152 e. The Morgan fingerprint density at radius 1 is 1.22 bits per heavy atom. The second-order valence-electron chi connectivity index (χ2n) is 3.78. The first-order valence-corrected chi connectivity index (χ1v) is 6.56. The monoisotopic (exact) mass is 306 g/mol. The quantitative estimate of drug-likeness (QED) is 0.939. The van der Waals surface area contributed by atoms with Crippen molar-refractivity contribution < 1.29 is 0 Å². The van der Waals surface area contributed by atoms with E-state index >= 15 is 0 Å². The number of hydrogen-bond acceptors (Lipinski definition) is 4. The normalized spacial score (nSPS) is 10.2. The third-order valence-corrected chi connectivity index (χ3v) is 3.31. The zero-order chi connectivity index (χ0) is 13.0. The van der Waals surface area contributed by atoms with Crippen LogP contribution in [0.5, 0.6) is 0 Å². The molecule has 4 nitrogen and oxygen atoms in total. The highest BCUT2D eigenvalue weighted by atomic mass is 79.9. The lowest BCUT2D eigenvalue weighted by atomic mass is 10.3. The van der Waals surface area contributed by atoms with E-state index in [1.165, 1.54) is 0 Å². The van der Waals surface area contributed by atoms with Gasteiger partial charge in [0.05, 0.1) is 0 Å². The molecule has 94 valence electrons. The lowest BCUT2D eigenvalue weighted by Crippen LogP contribution is -2.13. The Labute approximate surface area is 115 Å². The Morgan fingerprint density at radius 3 is 2.61 bits per heavy atom. The summed E-state index contributed by atoms with van der Waals surface area (Å²) < 4.78 is 0.873. The van der Waals surface area contributed by atoms with Crippen molar-refractivity contribution >= 4 is 33.3 Å². The van der Waals surface area contributed by atoms with E-state index in [4.69, 9.17) is 0 Å². The zero-order valence-corrected chi connectivity index (χ0v) is 12.0. The maximum Gasteiger partial charge on any atom is 0.152 e. The van der Waals surface area contributed by atoms with Crippen molar-refractivity contribution in [3.63, 3.8) is 0 Å². The number of nitrogens with zero attached hydrogens (tertiary/aromatic N) is 3. The standard InChI is InChI=1S/C13H15BrN4/c1-3-15-12-11(14)13(17-9-16-12)18(2)10-7-5-4-6-8-10/h4-9H,3H2,1-2H3,(H,15,16,17). The number of rotatable bonds is 4. The van der Waals surface area contributed by atoms with Crippen LogP contribution < -0.4 is 10.2 Å². The molecular weight excluding hydrogens is 292 g/mol. The van der Waals surface area contributed by atoms with Crippen molar-refractivity contribution in [1.29, 1.82) is 0 Å². The Bertz CT molecular complexity index is 516. The van der Waals surface area contributed by atoms with Gasteiger partial charge in [0.15, 0.2) is 5.82 Å². The van der Waals surface area contributed by atoms with Crippen molar-refractivity contribution in [3.8, 4) is 0 Å². The summed E-state index contributed by atoms with van der Waals surface area (Å²) >= 11 is 3.55. The summed E-state index contributed by atoms with van der Waals surface area (Å²) in [6.07, 6.45) is 1.57. The first-order valence-electron chi connectivity index (χ1n) is 5.77. The minimum Gasteiger partial charge on any atom is -0.369 e. The second kappa shape index (κ2) is 5.82. The Morgan fingerprint density at radius 2 is 1.94 bits per heavy atom. The molecule has 0 aliphatic heterocycles. The molecule has 1 N–H and O–H groups in total. The van der Waals surface area contributed by atoms with Crippen LogP contribution in [0.4, 0.5) is 17.3 Å². The number of aromatic nitrogens is 2. The van der Waals surface area contributed by atoms with Gasteiger partial charge in [0.25, 0.3) is 0 Å². The number of benzene rings is 1. The molecular formula is C13H15BrN4. The van der Waals surface area contributed by atoms with Gasteiger partial charge in [-0.2, -0.15) is 0 Å². The lowest BCUT2D eigenvalue weighted by molar-refractivity contribution is 1.05. The predicted octanol–water partition coefficient (Wildman–Crippen LogP) is 3.44. The van der Waals surface area contributed by atoms with E-state index < -0.39 is 0 Å². The van der Waals surface area contributed by atoms with Crippen molar-refractivity contribution in [1.82, 2.24) is 9.97 Å². The van der Waals surface area contributed by atoms with Gasteiger partial charge in [-0.05, 0) is 35.0 Å². The maximum atomic E-state index is 4.33. The zero-order valence-electron chi connectivity index (χ0n) is 10.4. The van der Waals surface area contributed by atoms with Crippen molar-refractivity contribution in [2.24, 2.45) is 0 Å². The van der Waals surface area contributed by atoms with Crippen LogP contribution in [0.2, 0.25) is 0 Å². The Kier molecular flexibility index (Phi) is 4.15.